The summed E-state index contributed by atoms with van der Waals surface area (Å²) in [6.45, 7) is 0. The molecule has 0 spiro atoms. The van der Waals surface area contributed by atoms with E-state index in [2.05, 4.69) is 10.3 Å². The maximum Gasteiger partial charge on any atom is 0.475 e. The Morgan fingerprint density at radius 2 is 1.83 bits per heavy atom. The van der Waals surface area contributed by atoms with Gasteiger partial charge >= 0.3 is 7.12 Å². The molecule has 3 N–H and O–H groups in total. The van der Waals surface area contributed by atoms with Crippen LogP contribution in [0.5, 0.6) is 0 Å². The molecule has 0 aliphatic rings. The lowest BCUT2D eigenvalue weighted by Crippen LogP contribution is -2.46. The van der Waals surface area contributed by atoms with Crippen LogP contribution in [0.25, 0.3) is 11.3 Å². The normalized spacial score (nSPS) is 11.7. The van der Waals surface area contributed by atoms with E-state index >= 15 is 0 Å². The van der Waals surface area contributed by atoms with Gasteiger partial charge in [-0.1, -0.05) is 36.4 Å². The Hall–Kier alpha value is -2.81. The number of carbonyl (C=O) groups excluding carboxylic acids is 2. The number of benzene rings is 1. The van der Waals surface area contributed by atoms with Crippen LogP contribution in [-0.4, -0.2) is 39.8 Å². The fourth-order valence-electron chi connectivity index (χ4n) is 3.05. The van der Waals surface area contributed by atoms with Gasteiger partial charge in [-0.05, 0) is 47.4 Å². The number of hydrogen-bond donors (Lipinski definition) is 3. The second kappa shape index (κ2) is 10.8. The number of rotatable bonds is 10. The Balaban J connectivity index is 1.52. The van der Waals surface area contributed by atoms with E-state index in [-0.39, 0.29) is 18.6 Å². The van der Waals surface area contributed by atoms with Crippen LogP contribution in [0.15, 0.2) is 65.4 Å². The monoisotopic (exact) mass is 422 g/mol. The van der Waals surface area contributed by atoms with Crippen molar-refractivity contribution >= 4 is 30.1 Å². The van der Waals surface area contributed by atoms with E-state index < -0.39 is 19.0 Å². The average Bonchev–Trinajstić information content (AvgIpc) is 3.29. The molecule has 0 aliphatic carbocycles. The molecule has 3 aromatic rings. The van der Waals surface area contributed by atoms with E-state index in [1.165, 1.54) is 0 Å². The fraction of sp³-hybridized carbons (Fsp3) is 0.227. The zero-order valence-electron chi connectivity index (χ0n) is 16.4. The zero-order chi connectivity index (χ0) is 21.3. The highest BCUT2D eigenvalue weighted by Crippen LogP contribution is 2.17. The third-order valence-corrected chi connectivity index (χ3v) is 5.45. The van der Waals surface area contributed by atoms with Crippen molar-refractivity contribution in [2.24, 2.45) is 0 Å². The topological polar surface area (TPSA) is 99.5 Å². The maximum atomic E-state index is 12.5. The molecule has 30 heavy (non-hydrogen) atoms. The minimum absolute atomic E-state index is 0.00412. The number of aromatic nitrogens is 1. The molecule has 1 atom stereocenters. The SMILES string of the molecule is O=C(CCC(=O)c1cccc(-c2ccccc2)n1)N[C@@H](CCc1ccsc1)B(O)O. The van der Waals surface area contributed by atoms with Gasteiger partial charge in [0.25, 0.3) is 0 Å². The highest BCUT2D eigenvalue weighted by molar-refractivity contribution is 7.07. The molecule has 0 radical (unpaired) electrons. The molecule has 0 unspecified atom stereocenters. The van der Waals surface area contributed by atoms with Gasteiger partial charge in [0.2, 0.25) is 5.91 Å². The van der Waals surface area contributed by atoms with Gasteiger partial charge in [0.1, 0.15) is 5.69 Å². The van der Waals surface area contributed by atoms with Crippen LogP contribution >= 0.6 is 11.3 Å². The Morgan fingerprint density at radius 1 is 1.03 bits per heavy atom. The molecular weight excluding hydrogens is 399 g/mol. The molecule has 0 fully saturated rings. The van der Waals surface area contributed by atoms with Crippen molar-refractivity contribution in [3.05, 3.63) is 76.6 Å². The molecule has 0 saturated carbocycles. The van der Waals surface area contributed by atoms with Gasteiger partial charge in [0, 0.05) is 18.4 Å². The summed E-state index contributed by atoms with van der Waals surface area (Å²) in [7, 11) is -1.66. The van der Waals surface area contributed by atoms with E-state index in [1.807, 2.05) is 53.2 Å². The molecule has 154 valence electrons. The van der Waals surface area contributed by atoms with Gasteiger partial charge in [-0.3, -0.25) is 9.59 Å². The van der Waals surface area contributed by atoms with E-state index in [9.17, 15) is 19.6 Å². The van der Waals surface area contributed by atoms with E-state index in [4.69, 9.17) is 0 Å². The second-order valence-corrected chi connectivity index (χ2v) is 7.74. The van der Waals surface area contributed by atoms with Gasteiger partial charge in [-0.15, -0.1) is 0 Å². The minimum Gasteiger partial charge on any atom is -0.426 e. The Bertz CT molecular complexity index is 964. The number of Topliss-reactive ketones (excluding diaryl/α,β-unsaturated/α-hetero) is 1. The number of nitrogens with one attached hydrogen (secondary N) is 1. The Morgan fingerprint density at radius 3 is 2.53 bits per heavy atom. The highest BCUT2D eigenvalue weighted by atomic mass is 32.1. The lowest BCUT2D eigenvalue weighted by Gasteiger charge is -2.17. The molecule has 8 heteroatoms. The van der Waals surface area contributed by atoms with Crippen LogP contribution in [0.3, 0.4) is 0 Å². The number of nitrogens with zero attached hydrogens (tertiary/aromatic N) is 1. The van der Waals surface area contributed by atoms with Crippen molar-refractivity contribution in [3.8, 4) is 11.3 Å². The first-order chi connectivity index (χ1) is 14.5. The lowest BCUT2D eigenvalue weighted by molar-refractivity contribution is -0.121. The molecule has 2 heterocycles. The Kier molecular flexibility index (Phi) is 7.90. The number of aryl methyl sites for hydroxylation is 1. The summed E-state index contributed by atoms with van der Waals surface area (Å²) in [5.41, 5.74) is 3.00. The standard InChI is InChI=1S/C22H23BN2O4S/c26-20(19-8-4-7-18(24-19)17-5-2-1-3-6-17)10-12-22(27)25-21(23(28)29)11-9-16-13-14-30-15-16/h1-8,13-15,21,28-29H,9-12H2,(H,25,27)/t21-/m0/s1. The maximum absolute atomic E-state index is 12.5. The summed E-state index contributed by atoms with van der Waals surface area (Å²) in [5.74, 6) is -1.42. The van der Waals surface area contributed by atoms with Gasteiger partial charge < -0.3 is 15.4 Å². The summed E-state index contributed by atoms with van der Waals surface area (Å²) in [6.07, 6.45) is 0.976. The molecule has 3 rings (SSSR count). The smallest absolute Gasteiger partial charge is 0.426 e. The second-order valence-electron chi connectivity index (χ2n) is 6.96. The predicted octanol–water partition coefficient (Wildman–Crippen LogP) is 2.90. The summed E-state index contributed by atoms with van der Waals surface area (Å²) in [6, 6.07) is 16.7. The number of hydrogen-bond acceptors (Lipinski definition) is 6. The zero-order valence-corrected chi connectivity index (χ0v) is 17.2. The molecular formula is C22H23BN2O4S. The van der Waals surface area contributed by atoms with Gasteiger partial charge in [0.05, 0.1) is 11.6 Å². The largest absolute Gasteiger partial charge is 0.475 e. The van der Waals surface area contributed by atoms with Crippen LogP contribution < -0.4 is 5.32 Å². The van der Waals surface area contributed by atoms with E-state index in [0.717, 1.165) is 11.1 Å². The predicted molar refractivity (Wildman–Crippen MR) is 118 cm³/mol. The molecule has 1 amide bonds. The molecule has 0 aliphatic heterocycles. The van der Waals surface area contributed by atoms with Crippen molar-refractivity contribution in [1.82, 2.24) is 10.3 Å². The van der Waals surface area contributed by atoms with Crippen molar-refractivity contribution in [2.75, 3.05) is 0 Å². The van der Waals surface area contributed by atoms with Gasteiger partial charge in [0.15, 0.2) is 5.78 Å². The average molecular weight is 422 g/mol. The number of carbonyl (C=O) groups is 2. The van der Waals surface area contributed by atoms with Crippen molar-refractivity contribution in [2.45, 2.75) is 31.6 Å². The van der Waals surface area contributed by atoms with Crippen LogP contribution in [-0.2, 0) is 11.2 Å². The molecule has 2 aromatic heterocycles. The van der Waals surface area contributed by atoms with Crippen molar-refractivity contribution in [3.63, 3.8) is 0 Å². The summed E-state index contributed by atoms with van der Waals surface area (Å²) >= 11 is 1.57. The molecule has 6 nitrogen and oxygen atoms in total. The Labute approximate surface area is 179 Å². The van der Waals surface area contributed by atoms with Crippen LogP contribution in [0.1, 0.15) is 35.3 Å². The molecule has 0 saturated heterocycles. The molecule has 1 aromatic carbocycles. The van der Waals surface area contributed by atoms with E-state index in [1.54, 1.807) is 23.5 Å². The third-order valence-electron chi connectivity index (χ3n) is 4.71. The molecule has 0 bridgehead atoms. The minimum atomic E-state index is -1.66. The number of ketones is 1. The van der Waals surface area contributed by atoms with Crippen LogP contribution in [0, 0.1) is 0 Å². The first kappa shape index (κ1) is 21.9. The summed E-state index contributed by atoms with van der Waals surface area (Å²) in [5, 5.41) is 25.6. The first-order valence-electron chi connectivity index (χ1n) is 9.75. The fourth-order valence-corrected chi connectivity index (χ4v) is 3.75. The van der Waals surface area contributed by atoms with Gasteiger partial charge in [-0.2, -0.15) is 11.3 Å². The third kappa shape index (κ3) is 6.35. The van der Waals surface area contributed by atoms with Crippen molar-refractivity contribution in [1.29, 1.82) is 0 Å². The number of pyridine rings is 1. The quantitative estimate of drug-likeness (QED) is 0.345. The summed E-state index contributed by atoms with van der Waals surface area (Å²) in [4.78, 5) is 29.1. The van der Waals surface area contributed by atoms with Crippen molar-refractivity contribution < 1.29 is 19.6 Å². The number of thiophene rings is 1. The highest BCUT2D eigenvalue weighted by Gasteiger charge is 2.25. The first-order valence-corrected chi connectivity index (χ1v) is 10.7. The summed E-state index contributed by atoms with van der Waals surface area (Å²) < 4.78 is 0. The number of amides is 1. The lowest BCUT2D eigenvalue weighted by atomic mass is 9.76. The van der Waals surface area contributed by atoms with Crippen LogP contribution in [0.4, 0.5) is 0 Å². The van der Waals surface area contributed by atoms with E-state index in [0.29, 0.717) is 24.2 Å². The van der Waals surface area contributed by atoms with Gasteiger partial charge in [-0.25, -0.2) is 4.98 Å². The van der Waals surface area contributed by atoms with Crippen LogP contribution in [0.2, 0.25) is 0 Å².